The molecule has 3 nitrogen and oxygen atoms in total. The van der Waals surface area contributed by atoms with Crippen LogP contribution in [0.5, 0.6) is 0 Å². The highest BCUT2D eigenvalue weighted by Gasteiger charge is 2.34. The predicted octanol–water partition coefficient (Wildman–Crippen LogP) is 1.18. The molecule has 0 aromatic rings. The van der Waals surface area contributed by atoms with Gasteiger partial charge in [-0.2, -0.15) is 0 Å². The fourth-order valence-corrected chi connectivity index (χ4v) is 1.53. The van der Waals surface area contributed by atoms with E-state index in [4.69, 9.17) is 9.84 Å². The Labute approximate surface area is 80.7 Å². The first kappa shape index (κ1) is 12.9. The molecule has 0 fully saturated rings. The zero-order valence-electron chi connectivity index (χ0n) is 9.29. The zero-order chi connectivity index (χ0) is 10.7. The predicted molar refractivity (Wildman–Crippen MR) is 52.6 cm³/mol. The molecule has 80 valence electrons. The molecule has 0 unspecified atom stereocenters. The maximum absolute atomic E-state index is 9.54. The molecule has 0 saturated carbocycles. The van der Waals surface area contributed by atoms with E-state index in [1.165, 1.54) is 0 Å². The van der Waals surface area contributed by atoms with E-state index in [1.54, 1.807) is 7.11 Å². The number of aliphatic hydroxyl groups excluding tert-OH is 2. The van der Waals surface area contributed by atoms with Crippen LogP contribution in [0, 0.1) is 5.41 Å². The molecule has 0 aliphatic rings. The van der Waals surface area contributed by atoms with E-state index in [9.17, 15) is 5.11 Å². The van der Waals surface area contributed by atoms with Crippen molar-refractivity contribution in [1.82, 2.24) is 0 Å². The first-order chi connectivity index (χ1) is 5.75. The molecule has 3 heteroatoms. The molecule has 0 aromatic carbocycles. The van der Waals surface area contributed by atoms with Gasteiger partial charge < -0.3 is 14.9 Å². The van der Waals surface area contributed by atoms with Crippen LogP contribution in [0.3, 0.4) is 0 Å². The Morgan fingerprint density at radius 1 is 1.23 bits per heavy atom. The molecule has 13 heavy (non-hydrogen) atoms. The van der Waals surface area contributed by atoms with Crippen molar-refractivity contribution in [2.24, 2.45) is 5.41 Å². The molecule has 0 radical (unpaired) electrons. The second-order valence-electron chi connectivity index (χ2n) is 4.83. The van der Waals surface area contributed by atoms with Crippen LogP contribution in [0.1, 0.15) is 34.1 Å². The van der Waals surface area contributed by atoms with Gasteiger partial charge in [0.25, 0.3) is 0 Å². The summed E-state index contributed by atoms with van der Waals surface area (Å²) in [5, 5.41) is 18.4. The molecule has 0 bridgehead atoms. The van der Waals surface area contributed by atoms with Crippen LogP contribution in [0.25, 0.3) is 0 Å². The number of ether oxygens (including phenoxy) is 1. The average molecular weight is 190 g/mol. The van der Waals surface area contributed by atoms with E-state index >= 15 is 0 Å². The molecule has 0 heterocycles. The van der Waals surface area contributed by atoms with Crippen molar-refractivity contribution in [3.8, 4) is 0 Å². The van der Waals surface area contributed by atoms with Gasteiger partial charge in [-0.3, -0.25) is 0 Å². The Balaban J connectivity index is 4.32. The van der Waals surface area contributed by atoms with E-state index in [0.717, 1.165) is 0 Å². The Kier molecular flexibility index (Phi) is 4.36. The lowest BCUT2D eigenvalue weighted by Gasteiger charge is -2.36. The molecule has 0 spiro atoms. The standard InChI is InChI=1S/C10H22O3/c1-9(2,8(12)6-11)7-10(3,4)13-5/h8,11-12H,6-7H2,1-5H3/t8-/m0/s1. The summed E-state index contributed by atoms with van der Waals surface area (Å²) >= 11 is 0. The van der Waals surface area contributed by atoms with Crippen molar-refractivity contribution >= 4 is 0 Å². The van der Waals surface area contributed by atoms with Crippen LogP contribution in [-0.2, 0) is 4.74 Å². The van der Waals surface area contributed by atoms with Crippen molar-refractivity contribution in [2.45, 2.75) is 45.8 Å². The van der Waals surface area contributed by atoms with Crippen LogP contribution in [0.2, 0.25) is 0 Å². The lowest BCUT2D eigenvalue weighted by atomic mass is 9.77. The first-order valence-electron chi connectivity index (χ1n) is 4.59. The molecule has 1 atom stereocenters. The third kappa shape index (κ3) is 4.07. The van der Waals surface area contributed by atoms with Crippen molar-refractivity contribution < 1.29 is 14.9 Å². The summed E-state index contributed by atoms with van der Waals surface area (Å²) in [6.07, 6.45) is 0.0139. The molecular formula is C10H22O3. The SMILES string of the molecule is COC(C)(C)CC(C)(C)[C@@H](O)CO. The van der Waals surface area contributed by atoms with E-state index in [-0.39, 0.29) is 17.6 Å². The fourth-order valence-electron chi connectivity index (χ4n) is 1.53. The van der Waals surface area contributed by atoms with Crippen molar-refractivity contribution in [2.75, 3.05) is 13.7 Å². The summed E-state index contributed by atoms with van der Waals surface area (Å²) < 4.78 is 5.28. The average Bonchev–Trinajstić information content (AvgIpc) is 2.01. The van der Waals surface area contributed by atoms with Crippen LogP contribution in [0.15, 0.2) is 0 Å². The summed E-state index contributed by atoms with van der Waals surface area (Å²) in [7, 11) is 1.65. The van der Waals surface area contributed by atoms with Gasteiger partial charge in [-0.1, -0.05) is 13.8 Å². The quantitative estimate of drug-likeness (QED) is 0.684. The molecule has 0 aliphatic heterocycles. The fraction of sp³-hybridized carbons (Fsp3) is 1.00. The maximum Gasteiger partial charge on any atom is 0.0822 e. The lowest BCUT2D eigenvalue weighted by molar-refractivity contribution is -0.0645. The highest BCUT2D eigenvalue weighted by molar-refractivity contribution is 4.84. The largest absolute Gasteiger partial charge is 0.394 e. The minimum atomic E-state index is -0.693. The van der Waals surface area contributed by atoms with Gasteiger partial charge in [-0.05, 0) is 25.7 Å². The Morgan fingerprint density at radius 3 is 2.00 bits per heavy atom. The van der Waals surface area contributed by atoms with Gasteiger partial charge in [0.15, 0.2) is 0 Å². The number of hydrogen-bond donors (Lipinski definition) is 2. The summed E-state index contributed by atoms with van der Waals surface area (Å²) in [6.45, 7) is 7.59. The van der Waals surface area contributed by atoms with Gasteiger partial charge >= 0.3 is 0 Å². The maximum atomic E-state index is 9.54. The summed E-state index contributed by atoms with van der Waals surface area (Å²) in [6, 6.07) is 0. The van der Waals surface area contributed by atoms with Crippen LogP contribution < -0.4 is 0 Å². The number of aliphatic hydroxyl groups is 2. The molecule has 2 N–H and O–H groups in total. The van der Waals surface area contributed by atoms with Gasteiger partial charge in [0.05, 0.1) is 18.3 Å². The van der Waals surface area contributed by atoms with Gasteiger partial charge in [-0.15, -0.1) is 0 Å². The van der Waals surface area contributed by atoms with Gasteiger partial charge in [0, 0.05) is 7.11 Å². The van der Waals surface area contributed by atoms with E-state index in [2.05, 4.69) is 0 Å². The van der Waals surface area contributed by atoms with Crippen molar-refractivity contribution in [3.63, 3.8) is 0 Å². The van der Waals surface area contributed by atoms with Gasteiger partial charge in [-0.25, -0.2) is 0 Å². The molecule has 0 saturated heterocycles. The second kappa shape index (κ2) is 4.40. The molecular weight excluding hydrogens is 168 g/mol. The van der Waals surface area contributed by atoms with E-state index in [0.29, 0.717) is 6.42 Å². The van der Waals surface area contributed by atoms with E-state index < -0.39 is 6.10 Å². The third-order valence-electron chi connectivity index (χ3n) is 2.51. The highest BCUT2D eigenvalue weighted by atomic mass is 16.5. The van der Waals surface area contributed by atoms with Crippen LogP contribution in [-0.4, -0.2) is 35.6 Å². The first-order valence-corrected chi connectivity index (χ1v) is 4.59. The molecule has 0 amide bonds. The number of rotatable bonds is 5. The monoisotopic (exact) mass is 190 g/mol. The summed E-state index contributed by atoms with van der Waals surface area (Å²) in [4.78, 5) is 0. The highest BCUT2D eigenvalue weighted by Crippen LogP contribution is 2.32. The summed E-state index contributed by atoms with van der Waals surface area (Å²) in [5.74, 6) is 0. The van der Waals surface area contributed by atoms with Crippen LogP contribution in [0.4, 0.5) is 0 Å². The minimum absolute atomic E-state index is 0.202. The Bertz CT molecular complexity index is 152. The van der Waals surface area contributed by atoms with Crippen molar-refractivity contribution in [3.05, 3.63) is 0 Å². The van der Waals surface area contributed by atoms with Gasteiger partial charge in [0.1, 0.15) is 0 Å². The Morgan fingerprint density at radius 2 is 1.69 bits per heavy atom. The minimum Gasteiger partial charge on any atom is -0.394 e. The Hall–Kier alpha value is -0.120. The van der Waals surface area contributed by atoms with Crippen LogP contribution >= 0.6 is 0 Å². The zero-order valence-corrected chi connectivity index (χ0v) is 9.29. The van der Waals surface area contributed by atoms with Crippen molar-refractivity contribution in [1.29, 1.82) is 0 Å². The van der Waals surface area contributed by atoms with E-state index in [1.807, 2.05) is 27.7 Å². The molecule has 0 aliphatic carbocycles. The summed E-state index contributed by atoms with van der Waals surface area (Å²) in [5.41, 5.74) is -0.589. The topological polar surface area (TPSA) is 49.7 Å². The normalized spacial score (nSPS) is 15.9. The molecule has 0 rings (SSSR count). The second-order valence-corrected chi connectivity index (χ2v) is 4.83. The lowest BCUT2D eigenvalue weighted by Crippen LogP contribution is -2.39. The smallest absolute Gasteiger partial charge is 0.0822 e. The third-order valence-corrected chi connectivity index (χ3v) is 2.51. The molecule has 0 aromatic heterocycles. The van der Waals surface area contributed by atoms with Gasteiger partial charge in [0.2, 0.25) is 0 Å². The number of hydrogen-bond acceptors (Lipinski definition) is 3. The number of methoxy groups -OCH3 is 1.